The van der Waals surface area contributed by atoms with Crippen molar-refractivity contribution in [2.24, 2.45) is 0 Å². The molecule has 4 rings (SSSR count). The Labute approximate surface area is 185 Å². The molecule has 1 aromatic heterocycles. The van der Waals surface area contributed by atoms with Crippen molar-refractivity contribution in [1.29, 1.82) is 0 Å². The number of amides is 4. The highest BCUT2D eigenvalue weighted by Gasteiger charge is 2.37. The van der Waals surface area contributed by atoms with Crippen LogP contribution in [0.1, 0.15) is 56.2 Å². The van der Waals surface area contributed by atoms with Crippen LogP contribution >= 0.6 is 11.3 Å². The van der Waals surface area contributed by atoms with E-state index >= 15 is 0 Å². The topological polar surface area (TPSA) is 78.0 Å². The zero-order chi connectivity index (χ0) is 22.1. The monoisotopic (exact) mass is 439 g/mol. The lowest BCUT2D eigenvalue weighted by Crippen LogP contribution is -2.38. The predicted octanol–water partition coefficient (Wildman–Crippen LogP) is 2.67. The summed E-state index contributed by atoms with van der Waals surface area (Å²) in [6.45, 7) is 5.67. The maximum atomic E-state index is 13.1. The zero-order valence-electron chi connectivity index (χ0n) is 17.7. The molecule has 0 saturated carbocycles. The van der Waals surface area contributed by atoms with Gasteiger partial charge in [0.15, 0.2) is 0 Å². The quantitative estimate of drug-likeness (QED) is 0.687. The van der Waals surface area contributed by atoms with Gasteiger partial charge in [-0.25, -0.2) is 0 Å². The smallest absolute Gasteiger partial charge is 0.261 e. The fraction of sp³-hybridized carbons (Fsp3) is 0.391. The van der Waals surface area contributed by atoms with Gasteiger partial charge in [0.2, 0.25) is 5.91 Å². The minimum Gasteiger partial charge on any atom is -0.341 e. The van der Waals surface area contributed by atoms with Crippen molar-refractivity contribution in [3.05, 3.63) is 57.3 Å². The van der Waals surface area contributed by atoms with Crippen LogP contribution in [0, 0.1) is 0 Å². The van der Waals surface area contributed by atoms with Crippen LogP contribution in [0.15, 0.2) is 35.7 Å². The van der Waals surface area contributed by atoms with Crippen molar-refractivity contribution in [1.82, 2.24) is 14.7 Å². The fourth-order valence-electron chi connectivity index (χ4n) is 4.09. The number of benzene rings is 1. The van der Waals surface area contributed by atoms with Crippen LogP contribution in [0.4, 0.5) is 0 Å². The predicted molar refractivity (Wildman–Crippen MR) is 117 cm³/mol. The molecule has 0 spiro atoms. The lowest BCUT2D eigenvalue weighted by Gasteiger charge is -2.22. The molecule has 0 bridgehead atoms. The normalized spacial score (nSPS) is 16.7. The summed E-state index contributed by atoms with van der Waals surface area (Å²) in [5.41, 5.74) is 1.02. The second-order valence-corrected chi connectivity index (χ2v) is 9.15. The van der Waals surface area contributed by atoms with Crippen LogP contribution < -0.4 is 0 Å². The SMILES string of the molecule is CC(C)N1C(=O)c2ccc(C(=O)N3CCCN(C(=O)Cc4cccs4)CC3)cc2C1=O. The molecular formula is C23H25N3O4S. The molecule has 0 unspecified atom stereocenters. The Hall–Kier alpha value is -3.00. The summed E-state index contributed by atoms with van der Waals surface area (Å²) in [6.07, 6.45) is 1.09. The number of fused-ring (bicyclic) bond motifs is 1. The Morgan fingerprint density at radius 3 is 2.39 bits per heavy atom. The summed E-state index contributed by atoms with van der Waals surface area (Å²) in [4.78, 5) is 56.6. The van der Waals surface area contributed by atoms with Crippen molar-refractivity contribution in [2.45, 2.75) is 32.7 Å². The average Bonchev–Trinajstić information content (AvgIpc) is 3.24. The number of carbonyl (C=O) groups is 4. The number of carbonyl (C=O) groups excluding carboxylic acids is 4. The molecule has 4 amide bonds. The first-order valence-electron chi connectivity index (χ1n) is 10.5. The Morgan fingerprint density at radius 1 is 0.968 bits per heavy atom. The summed E-state index contributed by atoms with van der Waals surface area (Å²) in [5.74, 6) is -0.778. The van der Waals surface area contributed by atoms with Crippen molar-refractivity contribution < 1.29 is 19.2 Å². The van der Waals surface area contributed by atoms with Gasteiger partial charge in [0.1, 0.15) is 0 Å². The Balaban J connectivity index is 1.44. The average molecular weight is 440 g/mol. The number of thiophene rings is 1. The Kier molecular flexibility index (Phi) is 5.91. The largest absolute Gasteiger partial charge is 0.341 e. The molecule has 1 saturated heterocycles. The van der Waals surface area contributed by atoms with Gasteiger partial charge >= 0.3 is 0 Å². The van der Waals surface area contributed by atoms with Crippen molar-refractivity contribution in [2.75, 3.05) is 26.2 Å². The molecule has 0 atom stereocenters. The van der Waals surface area contributed by atoms with Gasteiger partial charge in [-0.1, -0.05) is 6.07 Å². The minimum atomic E-state index is -0.356. The maximum absolute atomic E-state index is 13.1. The molecule has 1 aromatic carbocycles. The van der Waals surface area contributed by atoms with Gasteiger partial charge in [-0.05, 0) is 49.9 Å². The summed E-state index contributed by atoms with van der Waals surface area (Å²) in [5, 5.41) is 1.96. The molecule has 2 aliphatic heterocycles. The van der Waals surface area contributed by atoms with E-state index in [1.54, 1.807) is 42.2 Å². The summed E-state index contributed by atoms with van der Waals surface area (Å²) in [6, 6.07) is 8.36. The second-order valence-electron chi connectivity index (χ2n) is 8.12. The fourth-order valence-corrected chi connectivity index (χ4v) is 4.78. The molecule has 0 radical (unpaired) electrons. The minimum absolute atomic E-state index is 0.0761. The summed E-state index contributed by atoms with van der Waals surface area (Å²) >= 11 is 1.57. The van der Waals surface area contributed by atoms with Crippen molar-refractivity contribution in [3.63, 3.8) is 0 Å². The van der Waals surface area contributed by atoms with E-state index in [2.05, 4.69) is 0 Å². The number of nitrogens with zero attached hydrogens (tertiary/aromatic N) is 3. The Morgan fingerprint density at radius 2 is 1.68 bits per heavy atom. The van der Waals surface area contributed by atoms with E-state index in [0.29, 0.717) is 50.1 Å². The first-order chi connectivity index (χ1) is 14.9. The molecule has 31 heavy (non-hydrogen) atoms. The van der Waals surface area contributed by atoms with Gasteiger partial charge in [-0.15, -0.1) is 11.3 Å². The lowest BCUT2D eigenvalue weighted by molar-refractivity contribution is -0.130. The standard InChI is InChI=1S/C23H25N3O4S/c1-15(2)26-22(29)18-7-6-16(13-19(18)23(26)30)21(28)25-9-4-8-24(10-11-25)20(27)14-17-5-3-12-31-17/h3,5-7,12-13,15H,4,8-11,14H2,1-2H3. The van der Waals surface area contributed by atoms with E-state index in [9.17, 15) is 19.2 Å². The first-order valence-corrected chi connectivity index (χ1v) is 11.4. The van der Waals surface area contributed by atoms with Crippen LogP contribution in [0.3, 0.4) is 0 Å². The summed E-state index contributed by atoms with van der Waals surface area (Å²) < 4.78 is 0. The van der Waals surface area contributed by atoms with E-state index in [0.717, 1.165) is 4.88 Å². The first kappa shape index (κ1) is 21.2. The third-order valence-corrected chi connectivity index (χ3v) is 6.60. The van der Waals surface area contributed by atoms with E-state index < -0.39 is 0 Å². The molecule has 0 N–H and O–H groups in total. The Bertz CT molecular complexity index is 1030. The van der Waals surface area contributed by atoms with Crippen molar-refractivity contribution >= 4 is 35.0 Å². The molecule has 8 heteroatoms. The van der Waals surface area contributed by atoms with Gasteiger partial charge < -0.3 is 9.80 Å². The molecule has 3 heterocycles. The lowest BCUT2D eigenvalue weighted by atomic mass is 10.0. The molecule has 7 nitrogen and oxygen atoms in total. The van der Waals surface area contributed by atoms with Crippen LogP contribution in [-0.4, -0.2) is 70.5 Å². The highest BCUT2D eigenvalue weighted by Crippen LogP contribution is 2.26. The molecule has 2 aromatic rings. The highest BCUT2D eigenvalue weighted by molar-refractivity contribution is 7.10. The molecule has 2 aliphatic rings. The number of imide groups is 1. The van der Waals surface area contributed by atoms with Gasteiger partial charge in [-0.3, -0.25) is 24.1 Å². The van der Waals surface area contributed by atoms with Gasteiger partial charge in [0, 0.05) is 42.7 Å². The van der Waals surface area contributed by atoms with Gasteiger partial charge in [-0.2, -0.15) is 0 Å². The maximum Gasteiger partial charge on any atom is 0.261 e. The van der Waals surface area contributed by atoms with E-state index in [1.807, 2.05) is 22.4 Å². The second kappa shape index (κ2) is 8.63. The van der Waals surface area contributed by atoms with Crippen LogP contribution in [-0.2, 0) is 11.2 Å². The molecular weight excluding hydrogens is 414 g/mol. The summed E-state index contributed by atoms with van der Waals surface area (Å²) in [7, 11) is 0. The number of rotatable bonds is 4. The van der Waals surface area contributed by atoms with Crippen LogP contribution in [0.5, 0.6) is 0 Å². The molecule has 0 aliphatic carbocycles. The number of hydrogen-bond acceptors (Lipinski definition) is 5. The third-order valence-electron chi connectivity index (χ3n) is 5.72. The van der Waals surface area contributed by atoms with E-state index in [1.165, 1.54) is 11.0 Å². The zero-order valence-corrected chi connectivity index (χ0v) is 18.5. The van der Waals surface area contributed by atoms with Crippen LogP contribution in [0.2, 0.25) is 0 Å². The van der Waals surface area contributed by atoms with Gasteiger partial charge in [0.25, 0.3) is 17.7 Å². The van der Waals surface area contributed by atoms with Crippen LogP contribution in [0.25, 0.3) is 0 Å². The molecule has 1 fully saturated rings. The van der Waals surface area contributed by atoms with E-state index in [-0.39, 0.29) is 35.2 Å². The van der Waals surface area contributed by atoms with E-state index in [4.69, 9.17) is 0 Å². The number of hydrogen-bond donors (Lipinski definition) is 0. The van der Waals surface area contributed by atoms with Crippen molar-refractivity contribution in [3.8, 4) is 0 Å². The highest BCUT2D eigenvalue weighted by atomic mass is 32.1. The third kappa shape index (κ3) is 4.12. The van der Waals surface area contributed by atoms with Gasteiger partial charge in [0.05, 0.1) is 17.5 Å². The molecule has 162 valence electrons.